The fourth-order valence-electron chi connectivity index (χ4n) is 7.24. The number of nitrogens with one attached hydrogen (secondary N) is 2. The van der Waals surface area contributed by atoms with Crippen LogP contribution in [0.3, 0.4) is 0 Å². The lowest BCUT2D eigenvalue weighted by Gasteiger charge is -2.21. The maximum absolute atomic E-state index is 12.8. The molecule has 0 aliphatic carbocycles. The zero-order valence-electron chi connectivity index (χ0n) is 49.2. The van der Waals surface area contributed by atoms with Crippen molar-refractivity contribution in [3.05, 3.63) is 95.7 Å². The Kier molecular flexibility index (Phi) is 20.9. The predicted molar refractivity (Wildman–Crippen MR) is 319 cm³/mol. The lowest BCUT2D eigenvalue weighted by molar-refractivity contribution is 0.310. The molecule has 30 heteroatoms. The topological polar surface area (TPSA) is 393 Å². The predicted octanol–water partition coefficient (Wildman–Crippen LogP) is 11.7. The van der Waals surface area contributed by atoms with Gasteiger partial charge >= 0.3 is 0 Å². The fraction of sp³-hybridized carbons (Fsp3) is 0.444. The number of unbranched alkanes of at least 4 members (excludes halogenated alkanes) is 3. The molecular weight excluding hydrogens is 1140 g/mol. The smallest absolute Gasteiger partial charge is 0.296 e. The van der Waals surface area contributed by atoms with Gasteiger partial charge in [-0.05, 0) is 92.1 Å². The molecule has 3 aromatic heterocycles. The molecule has 0 unspecified atom stereocenters. The van der Waals surface area contributed by atoms with Gasteiger partial charge in [0.05, 0.1) is 68.7 Å². The molecule has 0 bridgehead atoms. The van der Waals surface area contributed by atoms with E-state index >= 15 is 0 Å². The van der Waals surface area contributed by atoms with Crippen LogP contribution in [0.1, 0.15) is 133 Å². The highest BCUT2D eigenvalue weighted by atomic mass is 32.2. The summed E-state index contributed by atoms with van der Waals surface area (Å²) in [4.78, 5) is 14.0. The van der Waals surface area contributed by atoms with E-state index in [1.165, 1.54) is 82.2 Å². The molecule has 0 aliphatic rings. The van der Waals surface area contributed by atoms with E-state index in [-0.39, 0.29) is 110 Å². The minimum absolute atomic E-state index is 0.0369. The first-order valence-electron chi connectivity index (χ1n) is 27.0. The molecule has 8 N–H and O–H groups in total. The highest BCUT2D eigenvalue weighted by Crippen LogP contribution is 2.40. The van der Waals surface area contributed by atoms with Crippen molar-refractivity contribution in [3.8, 4) is 11.9 Å². The molecule has 3 aromatic carbocycles. The lowest BCUT2D eigenvalue weighted by Crippen LogP contribution is -2.26. The van der Waals surface area contributed by atoms with Crippen LogP contribution in [0.5, 0.6) is 0 Å². The molecule has 0 spiro atoms. The SMILES string of the molecule is CCCCOS(=O)(=O)c1ccc(/N=N/C(C(=N)C(C)(C)C)=C(\N)Nc2nc(-n3nc(C(C)(C)C)c(/N=N/c4ccc(S(=O)(=O)OCCCC)cc4)c3N)nc(-n3nc(C(C)(C)C)c(/N=N/c4ccc(S(=O)(=O)OCCCC)cc4)c3N)n2)cc1. The number of hydrogen-bond donors (Lipinski definition) is 5. The first kappa shape index (κ1) is 65.4. The third-order valence-corrected chi connectivity index (χ3v) is 16.1. The van der Waals surface area contributed by atoms with Gasteiger partial charge < -0.3 is 27.9 Å². The summed E-state index contributed by atoms with van der Waals surface area (Å²) in [6.45, 7) is 22.5. The van der Waals surface area contributed by atoms with Crippen molar-refractivity contribution >= 4 is 82.1 Å². The maximum Gasteiger partial charge on any atom is 0.296 e. The van der Waals surface area contributed by atoms with Crippen molar-refractivity contribution in [1.82, 2.24) is 34.5 Å². The van der Waals surface area contributed by atoms with E-state index in [4.69, 9.17) is 54.9 Å². The highest BCUT2D eigenvalue weighted by molar-refractivity contribution is 7.87. The number of benzene rings is 3. The summed E-state index contributed by atoms with van der Waals surface area (Å²) in [5.74, 6) is -1.11. The number of aromatic nitrogens is 7. The first-order valence-corrected chi connectivity index (χ1v) is 31.2. The van der Waals surface area contributed by atoms with Crippen molar-refractivity contribution in [2.45, 2.75) is 147 Å². The van der Waals surface area contributed by atoms with Crippen LogP contribution in [0.25, 0.3) is 11.9 Å². The molecule has 3 heterocycles. The Labute approximate surface area is 490 Å². The molecule has 0 radical (unpaired) electrons. The van der Waals surface area contributed by atoms with E-state index in [1.807, 2.05) is 62.3 Å². The van der Waals surface area contributed by atoms with Crippen LogP contribution in [-0.4, -0.2) is 85.3 Å². The summed E-state index contributed by atoms with van der Waals surface area (Å²) >= 11 is 0. The van der Waals surface area contributed by atoms with Crippen molar-refractivity contribution in [1.29, 1.82) is 5.41 Å². The van der Waals surface area contributed by atoms with Crippen LogP contribution >= 0.6 is 0 Å². The van der Waals surface area contributed by atoms with Gasteiger partial charge in [-0.15, -0.1) is 15.3 Å². The molecule has 0 amide bonds. The van der Waals surface area contributed by atoms with Crippen LogP contribution < -0.4 is 22.5 Å². The average molecular weight is 1220 g/mol. The Bertz CT molecular complexity index is 3610. The van der Waals surface area contributed by atoms with E-state index in [9.17, 15) is 30.7 Å². The molecule has 0 atom stereocenters. The van der Waals surface area contributed by atoms with Gasteiger partial charge in [-0.25, -0.2) is 0 Å². The number of nitrogen functional groups attached to an aromatic ring is 2. The number of anilines is 3. The van der Waals surface area contributed by atoms with Gasteiger partial charge in [0.25, 0.3) is 42.3 Å². The Balaban J connectivity index is 1.51. The molecule has 6 rings (SSSR count). The molecule has 0 aliphatic heterocycles. The minimum Gasteiger partial charge on any atom is -0.383 e. The molecule has 452 valence electrons. The quantitative estimate of drug-likeness (QED) is 0.0146. The van der Waals surface area contributed by atoms with Gasteiger partial charge in [0.2, 0.25) is 5.95 Å². The van der Waals surface area contributed by atoms with Gasteiger partial charge in [0.15, 0.2) is 23.0 Å². The van der Waals surface area contributed by atoms with Crippen LogP contribution in [0.2, 0.25) is 0 Å². The summed E-state index contributed by atoms with van der Waals surface area (Å²) in [6.07, 6.45) is 3.98. The highest BCUT2D eigenvalue weighted by Gasteiger charge is 2.32. The van der Waals surface area contributed by atoms with Gasteiger partial charge in [0.1, 0.15) is 11.5 Å². The average Bonchev–Trinajstić information content (AvgIpc) is 2.84. The fourth-order valence-corrected chi connectivity index (χ4v) is 10.1. The monoisotopic (exact) mass is 1210 g/mol. The maximum atomic E-state index is 12.8. The zero-order valence-corrected chi connectivity index (χ0v) is 51.7. The number of nitrogens with zero attached hydrogens (tertiary/aromatic N) is 13. The van der Waals surface area contributed by atoms with E-state index < -0.39 is 46.6 Å². The third kappa shape index (κ3) is 16.5. The van der Waals surface area contributed by atoms with Crippen LogP contribution in [0.15, 0.2) is 130 Å². The largest absolute Gasteiger partial charge is 0.383 e. The van der Waals surface area contributed by atoms with Gasteiger partial charge in [-0.3, -0.25) is 12.5 Å². The first-order chi connectivity index (χ1) is 39.3. The molecule has 6 aromatic rings. The van der Waals surface area contributed by atoms with E-state index in [2.05, 4.69) is 36.0 Å². The van der Waals surface area contributed by atoms with Crippen LogP contribution in [0.4, 0.5) is 46.0 Å². The van der Waals surface area contributed by atoms with Crippen LogP contribution in [0, 0.1) is 10.8 Å². The van der Waals surface area contributed by atoms with Crippen molar-refractivity contribution in [3.63, 3.8) is 0 Å². The summed E-state index contributed by atoms with van der Waals surface area (Å²) in [6, 6.07) is 16.8. The zero-order chi connectivity index (χ0) is 62.0. The van der Waals surface area contributed by atoms with Crippen molar-refractivity contribution < 1.29 is 37.8 Å². The van der Waals surface area contributed by atoms with Gasteiger partial charge in [0, 0.05) is 16.2 Å². The molecule has 0 saturated carbocycles. The number of allylic oxidation sites excluding steroid dienone is 1. The Morgan fingerprint density at radius 2 is 0.869 bits per heavy atom. The minimum atomic E-state index is -4.03. The van der Waals surface area contributed by atoms with Crippen LogP contribution in [-0.2, 0) is 53.7 Å². The Morgan fingerprint density at radius 1 is 0.536 bits per heavy atom. The Morgan fingerprint density at radius 3 is 1.18 bits per heavy atom. The second-order valence-electron chi connectivity index (χ2n) is 22.2. The molecule has 0 saturated heterocycles. The third-order valence-electron chi connectivity index (χ3n) is 12.1. The normalized spacial score (nSPS) is 13.4. The molecule has 27 nitrogen and oxygen atoms in total. The number of rotatable bonds is 26. The van der Waals surface area contributed by atoms with Gasteiger partial charge in [-0.2, -0.15) is 75.1 Å². The molecule has 0 fully saturated rings. The summed E-state index contributed by atoms with van der Waals surface area (Å²) in [5, 5.41) is 48.4. The van der Waals surface area contributed by atoms with Gasteiger partial charge in [-0.1, -0.05) is 102 Å². The molecular formula is C54H74N18O9S3. The number of azo groups is 3. The lowest BCUT2D eigenvalue weighted by atomic mass is 9.88. The second-order valence-corrected chi connectivity index (χ2v) is 27.1. The number of nitrogens with two attached hydrogens (primary N) is 3. The van der Waals surface area contributed by atoms with Crippen molar-refractivity contribution in [2.24, 2.45) is 41.8 Å². The second kappa shape index (κ2) is 26.9. The van der Waals surface area contributed by atoms with E-state index in [1.54, 1.807) is 20.8 Å². The number of hydrogen-bond acceptors (Lipinski definition) is 25. The summed E-state index contributed by atoms with van der Waals surface area (Å²) in [5.41, 5.74) is 19.9. The molecule has 84 heavy (non-hydrogen) atoms. The summed E-state index contributed by atoms with van der Waals surface area (Å²) < 4.78 is 94.6. The summed E-state index contributed by atoms with van der Waals surface area (Å²) in [7, 11) is -12.1. The van der Waals surface area contributed by atoms with E-state index in [0.717, 1.165) is 19.3 Å². The van der Waals surface area contributed by atoms with E-state index in [0.29, 0.717) is 30.7 Å². The standard InChI is InChI=1S/C54H74N18O9S3/c1-13-16-31-79-82(73,74)37-25-19-34(20-26-37)63-66-40(43(55)52(4,5)6)46(56)59-49-60-50(71-47(57)41(44(69-71)53(7,8)9)67-64-35-21-27-38(28-22-35)83(75,76)80-32-17-14-2)62-51(61-49)72-48(58)42(45(70-72)54(10,11)12)68-65-36-23-29-39(30-24-36)84(77,78)81-33-18-15-3/h19-30,55H,13-18,31-33,56-58H2,1-12H3,(H,59,60,61,62)/b46-40+,55-43?,66-63+,67-64+,68-65+. The Hall–Kier alpha value is -7.77. The van der Waals surface area contributed by atoms with Crippen molar-refractivity contribution in [2.75, 3.05) is 36.6 Å².